The number of methoxy groups -OCH3 is 1. The molecule has 1 fully saturated rings. The predicted octanol–water partition coefficient (Wildman–Crippen LogP) is 2.78. The molecule has 128 valence electrons. The Morgan fingerprint density at radius 2 is 2.08 bits per heavy atom. The van der Waals surface area contributed by atoms with Crippen LogP contribution in [-0.4, -0.2) is 37.4 Å². The first-order chi connectivity index (χ1) is 11.7. The molecule has 0 radical (unpaired) electrons. The van der Waals surface area contributed by atoms with Crippen molar-refractivity contribution in [2.24, 2.45) is 0 Å². The highest BCUT2D eigenvalue weighted by Gasteiger charge is 2.22. The Kier molecular flexibility index (Phi) is 4.88. The van der Waals surface area contributed by atoms with Gasteiger partial charge in [-0.15, -0.1) is 0 Å². The molecule has 2 amide bonds. The highest BCUT2D eigenvalue weighted by molar-refractivity contribution is 5.88. The van der Waals surface area contributed by atoms with E-state index in [0.29, 0.717) is 5.88 Å². The normalized spacial score (nSPS) is 15.2. The number of hydrogen-bond donors (Lipinski definition) is 2. The van der Waals surface area contributed by atoms with Crippen LogP contribution < -0.4 is 20.3 Å². The minimum atomic E-state index is -0.262. The average molecular weight is 330 g/mol. The number of rotatable bonds is 4. The molecular formula is C17H22N4O3. The minimum Gasteiger partial charge on any atom is -0.495 e. The van der Waals surface area contributed by atoms with Gasteiger partial charge in [-0.1, -0.05) is 17.3 Å². The van der Waals surface area contributed by atoms with E-state index >= 15 is 0 Å². The van der Waals surface area contributed by atoms with Gasteiger partial charge in [0.2, 0.25) is 5.88 Å². The van der Waals surface area contributed by atoms with Crippen molar-refractivity contribution in [3.8, 4) is 5.75 Å². The van der Waals surface area contributed by atoms with Crippen molar-refractivity contribution in [3.05, 3.63) is 36.0 Å². The van der Waals surface area contributed by atoms with E-state index in [9.17, 15) is 4.79 Å². The van der Waals surface area contributed by atoms with Gasteiger partial charge >= 0.3 is 6.03 Å². The summed E-state index contributed by atoms with van der Waals surface area (Å²) in [5, 5.41) is 9.38. The fraction of sp³-hybridized carbons (Fsp3) is 0.412. The van der Waals surface area contributed by atoms with Gasteiger partial charge in [0.25, 0.3) is 0 Å². The largest absolute Gasteiger partial charge is 0.495 e. The molecule has 1 saturated heterocycles. The molecule has 2 aromatic rings. The number of piperidine rings is 1. The Hall–Kier alpha value is -2.70. The summed E-state index contributed by atoms with van der Waals surface area (Å²) in [6.07, 6.45) is 1.75. The fourth-order valence-corrected chi connectivity index (χ4v) is 2.91. The molecule has 7 nitrogen and oxygen atoms in total. The Balaban J connectivity index is 1.51. The van der Waals surface area contributed by atoms with Crippen LogP contribution in [0.25, 0.3) is 0 Å². The van der Waals surface area contributed by atoms with Crippen molar-refractivity contribution in [2.45, 2.75) is 25.8 Å². The van der Waals surface area contributed by atoms with Crippen LogP contribution in [0.15, 0.2) is 34.9 Å². The van der Waals surface area contributed by atoms with E-state index in [-0.39, 0.29) is 12.1 Å². The van der Waals surface area contributed by atoms with Crippen LogP contribution in [-0.2, 0) is 0 Å². The number of urea groups is 1. The Morgan fingerprint density at radius 3 is 2.75 bits per heavy atom. The van der Waals surface area contributed by atoms with Gasteiger partial charge in [-0.05, 0) is 31.9 Å². The lowest BCUT2D eigenvalue weighted by atomic mass is 10.0. The predicted molar refractivity (Wildman–Crippen MR) is 91.6 cm³/mol. The zero-order valence-corrected chi connectivity index (χ0v) is 13.9. The molecule has 3 rings (SSSR count). The molecule has 0 aliphatic carbocycles. The van der Waals surface area contributed by atoms with E-state index < -0.39 is 0 Å². The number of para-hydroxylation sites is 2. The summed E-state index contributed by atoms with van der Waals surface area (Å²) < 4.78 is 10.4. The number of anilines is 2. The monoisotopic (exact) mass is 330 g/mol. The molecule has 24 heavy (non-hydrogen) atoms. The van der Waals surface area contributed by atoms with Crippen LogP contribution in [0.5, 0.6) is 5.75 Å². The highest BCUT2D eigenvalue weighted by atomic mass is 16.5. The molecule has 0 saturated carbocycles. The van der Waals surface area contributed by atoms with E-state index in [4.69, 9.17) is 9.26 Å². The summed E-state index contributed by atoms with van der Waals surface area (Å²) in [5.41, 5.74) is 1.83. The summed E-state index contributed by atoms with van der Waals surface area (Å²) in [6, 6.07) is 9.56. The molecule has 7 heteroatoms. The zero-order chi connectivity index (χ0) is 16.9. The molecule has 1 aliphatic heterocycles. The lowest BCUT2D eigenvalue weighted by Gasteiger charge is -2.34. The number of carbonyl (C=O) groups is 1. The first-order valence-electron chi connectivity index (χ1n) is 8.04. The smallest absolute Gasteiger partial charge is 0.321 e. The second kappa shape index (κ2) is 7.25. The molecule has 0 spiro atoms. The Morgan fingerprint density at radius 1 is 1.33 bits per heavy atom. The molecule has 1 aromatic carbocycles. The second-order valence-corrected chi connectivity index (χ2v) is 5.86. The molecule has 0 unspecified atom stereocenters. The Bertz CT molecular complexity index is 693. The van der Waals surface area contributed by atoms with Gasteiger partial charge in [-0.2, -0.15) is 0 Å². The summed E-state index contributed by atoms with van der Waals surface area (Å²) >= 11 is 0. The summed E-state index contributed by atoms with van der Waals surface area (Å²) in [5.74, 6) is 1.23. The quantitative estimate of drug-likeness (QED) is 0.901. The number of nitrogens with one attached hydrogen (secondary N) is 2. The first-order valence-corrected chi connectivity index (χ1v) is 8.04. The van der Waals surface area contributed by atoms with Gasteiger partial charge in [0.05, 0.1) is 18.5 Å². The van der Waals surface area contributed by atoms with E-state index in [1.807, 2.05) is 18.2 Å². The lowest BCUT2D eigenvalue weighted by Crippen LogP contribution is -2.46. The maximum atomic E-state index is 12.0. The number of aromatic nitrogens is 1. The maximum absolute atomic E-state index is 12.0. The topological polar surface area (TPSA) is 79.6 Å². The molecular weight excluding hydrogens is 308 g/mol. The number of hydrogen-bond acceptors (Lipinski definition) is 5. The third-order valence-corrected chi connectivity index (χ3v) is 4.12. The lowest BCUT2D eigenvalue weighted by molar-refractivity contribution is 0.245. The van der Waals surface area contributed by atoms with Crippen molar-refractivity contribution in [1.29, 1.82) is 0 Å². The van der Waals surface area contributed by atoms with Crippen molar-refractivity contribution in [3.63, 3.8) is 0 Å². The van der Waals surface area contributed by atoms with E-state index in [2.05, 4.69) is 26.8 Å². The molecule has 1 aromatic heterocycles. The van der Waals surface area contributed by atoms with Crippen molar-refractivity contribution in [1.82, 2.24) is 10.5 Å². The van der Waals surface area contributed by atoms with Gasteiger partial charge in [-0.3, -0.25) is 5.32 Å². The summed E-state index contributed by atoms with van der Waals surface area (Å²) in [6.45, 7) is 3.54. The number of nitrogens with zero attached hydrogens (tertiary/aromatic N) is 2. The van der Waals surface area contributed by atoms with Crippen LogP contribution in [0.3, 0.4) is 0 Å². The third-order valence-electron chi connectivity index (χ3n) is 4.12. The van der Waals surface area contributed by atoms with Crippen molar-refractivity contribution in [2.75, 3.05) is 30.4 Å². The molecule has 1 aliphatic rings. The van der Waals surface area contributed by atoms with Gasteiger partial charge in [0.1, 0.15) is 5.75 Å². The van der Waals surface area contributed by atoms with Crippen molar-refractivity contribution < 1.29 is 14.1 Å². The molecule has 0 bridgehead atoms. The van der Waals surface area contributed by atoms with Crippen LogP contribution in [0, 0.1) is 6.92 Å². The summed E-state index contributed by atoms with van der Waals surface area (Å²) in [7, 11) is 1.68. The second-order valence-electron chi connectivity index (χ2n) is 5.86. The number of ether oxygens (including phenoxy) is 1. The summed E-state index contributed by atoms with van der Waals surface area (Å²) in [4.78, 5) is 14.3. The minimum absolute atomic E-state index is 0.139. The number of aryl methyl sites for hydroxylation is 1. The van der Waals surface area contributed by atoms with Gasteiger partial charge in [0, 0.05) is 25.2 Å². The highest BCUT2D eigenvalue weighted by Crippen LogP contribution is 2.29. The van der Waals surface area contributed by atoms with E-state index in [1.165, 1.54) is 0 Å². The molecule has 0 atom stereocenters. The van der Waals surface area contributed by atoms with E-state index in [0.717, 1.165) is 43.1 Å². The maximum Gasteiger partial charge on any atom is 0.321 e. The Labute approximate surface area is 141 Å². The molecule has 2 N–H and O–H groups in total. The number of benzene rings is 1. The van der Waals surface area contributed by atoms with Gasteiger partial charge in [0.15, 0.2) is 0 Å². The SMILES string of the molecule is COc1ccccc1N1CCC(NC(=O)Nc2cc(C)no2)CC1. The van der Waals surface area contributed by atoms with Crippen molar-refractivity contribution >= 4 is 17.6 Å². The third kappa shape index (κ3) is 3.79. The number of carbonyl (C=O) groups excluding carboxylic acids is 1. The zero-order valence-electron chi connectivity index (χ0n) is 13.9. The fourth-order valence-electron chi connectivity index (χ4n) is 2.91. The molecule has 2 heterocycles. The standard InChI is InChI=1S/C17H22N4O3/c1-12-11-16(24-20-12)19-17(22)18-13-7-9-21(10-8-13)14-5-3-4-6-15(14)23-2/h3-6,11,13H,7-10H2,1-2H3,(H2,18,19,22). The first kappa shape index (κ1) is 16.2. The van der Waals surface area contributed by atoms with Gasteiger partial charge in [-0.25, -0.2) is 4.79 Å². The van der Waals surface area contributed by atoms with Crippen LogP contribution >= 0.6 is 0 Å². The van der Waals surface area contributed by atoms with Crippen LogP contribution in [0.1, 0.15) is 18.5 Å². The van der Waals surface area contributed by atoms with E-state index in [1.54, 1.807) is 20.1 Å². The van der Waals surface area contributed by atoms with Crippen LogP contribution in [0.2, 0.25) is 0 Å². The van der Waals surface area contributed by atoms with Gasteiger partial charge < -0.3 is 19.5 Å². The van der Waals surface area contributed by atoms with Crippen LogP contribution in [0.4, 0.5) is 16.4 Å². The average Bonchev–Trinajstić information content (AvgIpc) is 3.00. The number of amides is 2.